The highest BCUT2D eigenvalue weighted by molar-refractivity contribution is 6.30. The first-order valence-electron chi connectivity index (χ1n) is 11.1. The van der Waals surface area contributed by atoms with E-state index in [1.54, 1.807) is 7.11 Å². The largest absolute Gasteiger partial charge is 0.497 e. The van der Waals surface area contributed by atoms with Gasteiger partial charge in [-0.15, -0.1) is 0 Å². The van der Waals surface area contributed by atoms with Gasteiger partial charge in [-0.05, 0) is 66.3 Å². The standard InChI is InChI=1S/C27H31ClN2O/c1-20-6-3-4-9-26(20)27(22-10-12-23(28)13-11-22)30-16-14-24(15-17-30)29-19-21-7-5-8-25(18-21)31-2/h3-13,18,24,27,29H,14-17,19H2,1-2H3. The Balaban J connectivity index is 1.44. The highest BCUT2D eigenvalue weighted by Gasteiger charge is 2.28. The molecule has 1 saturated heterocycles. The summed E-state index contributed by atoms with van der Waals surface area (Å²) in [6.45, 7) is 5.22. The van der Waals surface area contributed by atoms with Gasteiger partial charge in [-0.1, -0.05) is 60.1 Å². The molecular formula is C27H31ClN2O. The molecule has 3 aromatic rings. The maximum Gasteiger partial charge on any atom is 0.119 e. The SMILES string of the molecule is COc1cccc(CNC2CCN(C(c3ccc(Cl)cc3)c3ccccc3C)CC2)c1. The van der Waals surface area contributed by atoms with Crippen molar-refractivity contribution < 1.29 is 4.74 Å². The second-order valence-electron chi connectivity index (χ2n) is 8.35. The summed E-state index contributed by atoms with van der Waals surface area (Å²) in [4.78, 5) is 2.62. The highest BCUT2D eigenvalue weighted by Crippen LogP contribution is 2.33. The second kappa shape index (κ2) is 10.3. The van der Waals surface area contributed by atoms with E-state index in [1.165, 1.54) is 22.3 Å². The molecule has 0 amide bonds. The average Bonchev–Trinajstić information content (AvgIpc) is 2.81. The summed E-state index contributed by atoms with van der Waals surface area (Å²) in [6.07, 6.45) is 2.28. The van der Waals surface area contributed by atoms with Gasteiger partial charge >= 0.3 is 0 Å². The minimum atomic E-state index is 0.262. The van der Waals surface area contributed by atoms with Crippen LogP contribution in [0.4, 0.5) is 0 Å². The molecule has 3 aromatic carbocycles. The van der Waals surface area contributed by atoms with Crippen LogP contribution < -0.4 is 10.1 Å². The van der Waals surface area contributed by atoms with Crippen molar-refractivity contribution in [2.45, 2.75) is 38.4 Å². The minimum Gasteiger partial charge on any atom is -0.497 e. The lowest BCUT2D eigenvalue weighted by molar-refractivity contribution is 0.162. The lowest BCUT2D eigenvalue weighted by Crippen LogP contribution is -2.44. The fraction of sp³-hybridized carbons (Fsp3) is 0.333. The first-order chi connectivity index (χ1) is 15.1. The molecular weight excluding hydrogens is 404 g/mol. The third kappa shape index (κ3) is 5.48. The predicted octanol–water partition coefficient (Wildman–Crippen LogP) is 6.00. The average molecular weight is 435 g/mol. The highest BCUT2D eigenvalue weighted by atomic mass is 35.5. The molecule has 31 heavy (non-hydrogen) atoms. The molecule has 0 spiro atoms. The van der Waals surface area contributed by atoms with E-state index >= 15 is 0 Å². The smallest absolute Gasteiger partial charge is 0.119 e. The van der Waals surface area contributed by atoms with Gasteiger partial charge in [0.2, 0.25) is 0 Å². The van der Waals surface area contributed by atoms with Gasteiger partial charge < -0.3 is 10.1 Å². The quantitative estimate of drug-likeness (QED) is 0.493. The molecule has 0 aliphatic carbocycles. The van der Waals surface area contributed by atoms with Crippen LogP contribution in [0.3, 0.4) is 0 Å². The van der Waals surface area contributed by atoms with Gasteiger partial charge in [0.15, 0.2) is 0 Å². The molecule has 1 unspecified atom stereocenters. The number of rotatable bonds is 7. The normalized spacial score (nSPS) is 16.2. The number of methoxy groups -OCH3 is 1. The zero-order chi connectivity index (χ0) is 21.6. The fourth-order valence-corrected chi connectivity index (χ4v) is 4.66. The summed E-state index contributed by atoms with van der Waals surface area (Å²) in [6, 6.07) is 26.2. The maximum atomic E-state index is 6.17. The van der Waals surface area contributed by atoms with Crippen LogP contribution in [0.15, 0.2) is 72.8 Å². The number of likely N-dealkylation sites (tertiary alicyclic amines) is 1. The number of hydrogen-bond donors (Lipinski definition) is 1. The number of halogens is 1. The molecule has 4 heteroatoms. The van der Waals surface area contributed by atoms with Gasteiger partial charge in [-0.3, -0.25) is 4.90 Å². The molecule has 1 N–H and O–H groups in total. The van der Waals surface area contributed by atoms with Crippen molar-refractivity contribution in [1.82, 2.24) is 10.2 Å². The number of nitrogens with zero attached hydrogens (tertiary/aromatic N) is 1. The first kappa shape index (κ1) is 21.9. The van der Waals surface area contributed by atoms with Gasteiger partial charge in [0.25, 0.3) is 0 Å². The molecule has 1 heterocycles. The van der Waals surface area contributed by atoms with Crippen molar-refractivity contribution in [3.63, 3.8) is 0 Å². The molecule has 0 radical (unpaired) electrons. The Bertz CT molecular complexity index is 981. The zero-order valence-electron chi connectivity index (χ0n) is 18.4. The van der Waals surface area contributed by atoms with Gasteiger partial charge in [0, 0.05) is 30.7 Å². The van der Waals surface area contributed by atoms with Crippen LogP contribution >= 0.6 is 11.6 Å². The molecule has 0 bridgehead atoms. The third-order valence-electron chi connectivity index (χ3n) is 6.29. The molecule has 1 aliphatic rings. The van der Waals surface area contributed by atoms with E-state index in [-0.39, 0.29) is 6.04 Å². The fourth-order valence-electron chi connectivity index (χ4n) is 4.53. The second-order valence-corrected chi connectivity index (χ2v) is 8.79. The van der Waals surface area contributed by atoms with E-state index in [0.29, 0.717) is 6.04 Å². The van der Waals surface area contributed by atoms with Crippen molar-refractivity contribution in [2.75, 3.05) is 20.2 Å². The third-order valence-corrected chi connectivity index (χ3v) is 6.54. The van der Waals surface area contributed by atoms with Crippen molar-refractivity contribution in [3.8, 4) is 5.75 Å². The van der Waals surface area contributed by atoms with Gasteiger partial charge in [-0.2, -0.15) is 0 Å². The van der Waals surface area contributed by atoms with Crippen LogP contribution in [0.1, 0.15) is 41.1 Å². The molecule has 162 valence electrons. The Morgan fingerprint density at radius 3 is 2.45 bits per heavy atom. The molecule has 1 fully saturated rings. The summed E-state index contributed by atoms with van der Waals surface area (Å²) in [5.74, 6) is 0.915. The van der Waals surface area contributed by atoms with E-state index in [4.69, 9.17) is 16.3 Å². The van der Waals surface area contributed by atoms with Gasteiger partial charge in [0.05, 0.1) is 13.2 Å². The number of piperidine rings is 1. The lowest BCUT2D eigenvalue weighted by atomic mass is 9.91. The summed E-state index contributed by atoms with van der Waals surface area (Å²) in [7, 11) is 1.72. The summed E-state index contributed by atoms with van der Waals surface area (Å²) >= 11 is 6.17. The summed E-state index contributed by atoms with van der Waals surface area (Å²) < 4.78 is 5.35. The van der Waals surface area contributed by atoms with E-state index in [1.807, 2.05) is 18.2 Å². The van der Waals surface area contributed by atoms with Crippen LogP contribution in [-0.2, 0) is 6.54 Å². The van der Waals surface area contributed by atoms with Gasteiger partial charge in [0.1, 0.15) is 5.75 Å². The maximum absolute atomic E-state index is 6.17. The van der Waals surface area contributed by atoms with E-state index < -0.39 is 0 Å². The molecule has 0 saturated carbocycles. The number of nitrogens with one attached hydrogen (secondary N) is 1. The van der Waals surface area contributed by atoms with Crippen LogP contribution in [0.5, 0.6) is 5.75 Å². The number of hydrogen-bond acceptors (Lipinski definition) is 3. The Morgan fingerprint density at radius 1 is 1.00 bits per heavy atom. The van der Waals surface area contributed by atoms with E-state index in [2.05, 4.69) is 71.7 Å². The van der Waals surface area contributed by atoms with Gasteiger partial charge in [-0.25, -0.2) is 0 Å². The molecule has 4 rings (SSSR count). The van der Waals surface area contributed by atoms with Crippen LogP contribution in [-0.4, -0.2) is 31.1 Å². The van der Waals surface area contributed by atoms with Crippen molar-refractivity contribution in [3.05, 3.63) is 100 Å². The minimum absolute atomic E-state index is 0.262. The van der Waals surface area contributed by atoms with E-state index in [0.717, 1.165) is 43.2 Å². The number of aryl methyl sites for hydroxylation is 1. The predicted molar refractivity (Wildman–Crippen MR) is 129 cm³/mol. The van der Waals surface area contributed by atoms with Crippen molar-refractivity contribution in [2.24, 2.45) is 0 Å². The Morgan fingerprint density at radius 2 is 1.74 bits per heavy atom. The topological polar surface area (TPSA) is 24.5 Å². The van der Waals surface area contributed by atoms with E-state index in [9.17, 15) is 0 Å². The summed E-state index contributed by atoms with van der Waals surface area (Å²) in [5, 5.41) is 4.53. The van der Waals surface area contributed by atoms with Crippen molar-refractivity contribution in [1.29, 1.82) is 0 Å². The van der Waals surface area contributed by atoms with Crippen LogP contribution in [0.25, 0.3) is 0 Å². The first-order valence-corrected chi connectivity index (χ1v) is 11.4. The molecule has 1 aliphatic heterocycles. The Labute approximate surface area is 191 Å². The van der Waals surface area contributed by atoms with Crippen LogP contribution in [0, 0.1) is 6.92 Å². The molecule has 1 atom stereocenters. The van der Waals surface area contributed by atoms with Crippen molar-refractivity contribution >= 4 is 11.6 Å². The monoisotopic (exact) mass is 434 g/mol. The number of benzene rings is 3. The zero-order valence-corrected chi connectivity index (χ0v) is 19.1. The van der Waals surface area contributed by atoms with Crippen LogP contribution in [0.2, 0.25) is 5.02 Å². The lowest BCUT2D eigenvalue weighted by Gasteiger charge is -2.39. The summed E-state index contributed by atoms with van der Waals surface area (Å²) in [5.41, 5.74) is 5.29. The Hall–Kier alpha value is -2.33. The molecule has 3 nitrogen and oxygen atoms in total. The molecule has 0 aromatic heterocycles. The number of ether oxygens (including phenoxy) is 1. The Kier molecular flexibility index (Phi) is 7.29.